The maximum absolute atomic E-state index is 12.6. The number of para-hydroxylation sites is 1. The Balaban J connectivity index is 1.37. The van der Waals surface area contributed by atoms with Crippen molar-refractivity contribution in [2.45, 2.75) is 32.2 Å². The number of carbonyl (C=O) groups is 2. The third-order valence-corrected chi connectivity index (χ3v) is 7.10. The molecule has 0 atom stereocenters. The first-order valence-corrected chi connectivity index (χ1v) is 13.0. The zero-order chi connectivity index (χ0) is 25.5. The third kappa shape index (κ3) is 6.10. The predicted octanol–water partition coefficient (Wildman–Crippen LogP) is 5.82. The van der Waals surface area contributed by atoms with Gasteiger partial charge in [0.25, 0.3) is 5.91 Å². The van der Waals surface area contributed by atoms with Gasteiger partial charge in [-0.1, -0.05) is 30.3 Å². The molecule has 0 radical (unpaired) electrons. The number of aryl methyl sites for hydroxylation is 1. The molecule has 3 aromatic carbocycles. The quantitative estimate of drug-likeness (QED) is 0.269. The number of aromatic nitrogens is 1. The highest BCUT2D eigenvalue weighted by Crippen LogP contribution is 2.30. The van der Waals surface area contributed by atoms with Crippen LogP contribution in [0.15, 0.2) is 77.8 Å². The van der Waals surface area contributed by atoms with Crippen LogP contribution in [-0.4, -0.2) is 35.3 Å². The first-order chi connectivity index (χ1) is 17.5. The molecule has 0 aliphatic carbocycles. The van der Waals surface area contributed by atoms with E-state index in [0.717, 1.165) is 38.4 Å². The van der Waals surface area contributed by atoms with Crippen molar-refractivity contribution >= 4 is 40.2 Å². The number of rotatable bonds is 10. The van der Waals surface area contributed by atoms with Crippen molar-refractivity contribution < 1.29 is 14.3 Å². The van der Waals surface area contributed by atoms with Crippen LogP contribution in [0.2, 0.25) is 0 Å². The van der Waals surface area contributed by atoms with E-state index in [1.807, 2.05) is 51.1 Å². The molecule has 0 aliphatic rings. The first-order valence-electron chi connectivity index (χ1n) is 12.0. The Morgan fingerprint density at radius 1 is 0.972 bits per heavy atom. The van der Waals surface area contributed by atoms with Crippen molar-refractivity contribution in [3.63, 3.8) is 0 Å². The summed E-state index contributed by atoms with van der Waals surface area (Å²) in [5, 5.41) is 7.11. The normalized spacial score (nSPS) is 10.9. The van der Waals surface area contributed by atoms with Crippen molar-refractivity contribution in [2.24, 2.45) is 0 Å². The molecule has 2 amide bonds. The molecule has 2 N–H and O–H groups in total. The minimum atomic E-state index is -0.118. The van der Waals surface area contributed by atoms with Crippen molar-refractivity contribution in [3.8, 4) is 5.75 Å². The molecule has 1 aromatic heterocycles. The van der Waals surface area contributed by atoms with Gasteiger partial charge >= 0.3 is 0 Å². The minimum Gasteiger partial charge on any atom is -0.494 e. The fourth-order valence-corrected chi connectivity index (χ4v) is 4.88. The Kier molecular flexibility index (Phi) is 8.33. The molecule has 0 fully saturated rings. The second-order valence-corrected chi connectivity index (χ2v) is 9.52. The highest BCUT2D eigenvalue weighted by atomic mass is 32.2. The molecule has 1 heterocycles. The zero-order valence-electron chi connectivity index (χ0n) is 20.8. The van der Waals surface area contributed by atoms with E-state index in [-0.39, 0.29) is 11.8 Å². The number of hydrogen-bond acceptors (Lipinski definition) is 4. The van der Waals surface area contributed by atoms with E-state index in [0.29, 0.717) is 31.0 Å². The SMILES string of the molecule is CCOc1ccc(C(=O)NCCn2cc(SCC(=O)Nc3cccc(C)c3C)c3ccccc32)cc1. The highest BCUT2D eigenvalue weighted by Gasteiger charge is 2.12. The van der Waals surface area contributed by atoms with Crippen LogP contribution in [0, 0.1) is 13.8 Å². The second kappa shape index (κ2) is 11.8. The van der Waals surface area contributed by atoms with Crippen LogP contribution in [0.25, 0.3) is 10.9 Å². The lowest BCUT2D eigenvalue weighted by atomic mass is 10.1. The molecule has 7 heteroatoms. The summed E-state index contributed by atoms with van der Waals surface area (Å²) in [6.45, 7) is 7.68. The number of anilines is 1. The fraction of sp³-hybridized carbons (Fsp3) is 0.241. The Hall–Kier alpha value is -3.71. The largest absolute Gasteiger partial charge is 0.494 e. The smallest absolute Gasteiger partial charge is 0.251 e. The van der Waals surface area contributed by atoms with Crippen LogP contribution in [-0.2, 0) is 11.3 Å². The number of nitrogens with zero attached hydrogens (tertiary/aromatic N) is 1. The van der Waals surface area contributed by atoms with Gasteiger partial charge in [0.15, 0.2) is 0 Å². The Morgan fingerprint density at radius 2 is 1.75 bits per heavy atom. The van der Waals surface area contributed by atoms with Crippen LogP contribution in [0.1, 0.15) is 28.4 Å². The van der Waals surface area contributed by atoms with E-state index in [1.54, 1.807) is 24.3 Å². The van der Waals surface area contributed by atoms with E-state index in [9.17, 15) is 9.59 Å². The molecule has 0 aliphatic heterocycles. The summed E-state index contributed by atoms with van der Waals surface area (Å²) in [6.07, 6.45) is 2.06. The summed E-state index contributed by atoms with van der Waals surface area (Å²) < 4.78 is 7.56. The zero-order valence-corrected chi connectivity index (χ0v) is 21.7. The maximum Gasteiger partial charge on any atom is 0.251 e. The number of thioether (sulfide) groups is 1. The summed E-state index contributed by atoms with van der Waals surface area (Å²) in [7, 11) is 0. The van der Waals surface area contributed by atoms with Crippen molar-refractivity contribution in [3.05, 3.63) is 89.6 Å². The van der Waals surface area contributed by atoms with Gasteiger partial charge in [-0.3, -0.25) is 9.59 Å². The lowest BCUT2D eigenvalue weighted by Crippen LogP contribution is -2.27. The van der Waals surface area contributed by atoms with Gasteiger partial charge < -0.3 is 19.9 Å². The van der Waals surface area contributed by atoms with Crippen molar-refractivity contribution in [1.29, 1.82) is 0 Å². The van der Waals surface area contributed by atoms with Gasteiger partial charge in [0.1, 0.15) is 5.75 Å². The van der Waals surface area contributed by atoms with Crippen LogP contribution in [0.4, 0.5) is 5.69 Å². The summed E-state index contributed by atoms with van der Waals surface area (Å²) in [6, 6.07) is 21.2. The molecular formula is C29H31N3O3S. The van der Waals surface area contributed by atoms with E-state index in [4.69, 9.17) is 4.74 Å². The first kappa shape index (κ1) is 25.4. The van der Waals surface area contributed by atoms with Gasteiger partial charge in [0.2, 0.25) is 5.91 Å². The average molecular weight is 502 g/mol. The molecular weight excluding hydrogens is 470 g/mol. The van der Waals surface area contributed by atoms with Gasteiger partial charge in [-0.15, -0.1) is 11.8 Å². The monoisotopic (exact) mass is 501 g/mol. The number of carbonyl (C=O) groups excluding carboxylic acids is 2. The van der Waals surface area contributed by atoms with Crippen LogP contribution in [0.5, 0.6) is 5.75 Å². The molecule has 4 aromatic rings. The topological polar surface area (TPSA) is 72.4 Å². The standard InChI is InChI=1S/C29H31N3O3S/c1-4-35-23-14-12-22(13-15-23)29(34)30-16-17-32-18-27(24-9-5-6-11-26(24)32)36-19-28(33)31-25-10-7-8-20(2)21(25)3/h5-15,18H,4,16-17,19H2,1-3H3,(H,30,34)(H,31,33). The van der Waals surface area contributed by atoms with E-state index in [2.05, 4.69) is 33.5 Å². The van der Waals surface area contributed by atoms with Crippen LogP contribution in [0.3, 0.4) is 0 Å². The Morgan fingerprint density at radius 3 is 2.53 bits per heavy atom. The predicted molar refractivity (Wildman–Crippen MR) is 147 cm³/mol. The molecule has 186 valence electrons. The molecule has 0 spiro atoms. The number of ether oxygens (including phenoxy) is 1. The summed E-state index contributed by atoms with van der Waals surface area (Å²) >= 11 is 1.52. The third-order valence-electron chi connectivity index (χ3n) is 6.06. The van der Waals surface area contributed by atoms with E-state index >= 15 is 0 Å². The molecule has 0 bridgehead atoms. The van der Waals surface area contributed by atoms with Crippen LogP contribution < -0.4 is 15.4 Å². The van der Waals surface area contributed by atoms with Gasteiger partial charge in [-0.25, -0.2) is 0 Å². The number of hydrogen-bond donors (Lipinski definition) is 2. The molecule has 6 nitrogen and oxygen atoms in total. The molecule has 0 unspecified atom stereocenters. The van der Waals surface area contributed by atoms with Gasteiger partial charge in [-0.05, 0) is 68.3 Å². The summed E-state index contributed by atoms with van der Waals surface area (Å²) in [5.74, 6) is 0.913. The minimum absolute atomic E-state index is 0.0341. The number of fused-ring (bicyclic) bond motifs is 1. The number of benzene rings is 3. The highest BCUT2D eigenvalue weighted by molar-refractivity contribution is 8.00. The Bertz CT molecular complexity index is 1360. The number of amides is 2. The summed E-state index contributed by atoms with van der Waals surface area (Å²) in [4.78, 5) is 26.2. The molecule has 0 saturated carbocycles. The van der Waals surface area contributed by atoms with Gasteiger partial charge in [0, 0.05) is 46.3 Å². The Labute approximate surface area is 216 Å². The van der Waals surface area contributed by atoms with Crippen LogP contribution >= 0.6 is 11.8 Å². The van der Waals surface area contributed by atoms with Gasteiger partial charge in [-0.2, -0.15) is 0 Å². The van der Waals surface area contributed by atoms with E-state index in [1.165, 1.54) is 11.8 Å². The van der Waals surface area contributed by atoms with E-state index < -0.39 is 0 Å². The lowest BCUT2D eigenvalue weighted by Gasteiger charge is -2.10. The lowest BCUT2D eigenvalue weighted by molar-refractivity contribution is -0.113. The van der Waals surface area contributed by atoms with Crippen molar-refractivity contribution in [2.75, 3.05) is 24.2 Å². The molecule has 4 rings (SSSR count). The summed E-state index contributed by atoms with van der Waals surface area (Å²) in [5.41, 5.74) is 4.76. The molecule has 0 saturated heterocycles. The van der Waals surface area contributed by atoms with Gasteiger partial charge in [0.05, 0.1) is 12.4 Å². The number of nitrogens with one attached hydrogen (secondary N) is 2. The average Bonchev–Trinajstić information content (AvgIpc) is 3.24. The maximum atomic E-state index is 12.6. The second-order valence-electron chi connectivity index (χ2n) is 8.50. The fourth-order valence-electron chi connectivity index (χ4n) is 3.99. The van der Waals surface area contributed by atoms with Crippen molar-refractivity contribution in [1.82, 2.24) is 9.88 Å². The molecule has 36 heavy (non-hydrogen) atoms.